The summed E-state index contributed by atoms with van der Waals surface area (Å²) in [6.45, 7) is 7.30. The van der Waals surface area contributed by atoms with E-state index in [0.717, 1.165) is 6.42 Å². The average molecular weight is 377 g/mol. The van der Waals surface area contributed by atoms with Crippen molar-refractivity contribution in [2.45, 2.75) is 38.8 Å². The summed E-state index contributed by atoms with van der Waals surface area (Å²) in [7, 11) is 0. The maximum atomic E-state index is 12.5. The molecule has 0 fully saturated rings. The lowest BCUT2D eigenvalue weighted by atomic mass is 10.1. The van der Waals surface area contributed by atoms with Crippen molar-refractivity contribution in [2.75, 3.05) is 12.4 Å². The Hall–Kier alpha value is -2.35. The van der Waals surface area contributed by atoms with Crippen molar-refractivity contribution < 1.29 is 14.3 Å². The molecule has 1 aliphatic heterocycles. The highest BCUT2D eigenvalue weighted by Crippen LogP contribution is 2.23. The van der Waals surface area contributed by atoms with Crippen molar-refractivity contribution in [1.29, 1.82) is 0 Å². The van der Waals surface area contributed by atoms with Gasteiger partial charge in [-0.25, -0.2) is 0 Å². The molecule has 0 saturated heterocycles. The Bertz CT molecular complexity index is 772. The minimum atomic E-state index is -0.592. The maximum Gasteiger partial charge on any atom is 0.251 e. The summed E-state index contributed by atoms with van der Waals surface area (Å²) < 4.78 is 5.44. The summed E-state index contributed by atoms with van der Waals surface area (Å²) in [5.41, 5.74) is 0.276. The highest BCUT2D eigenvalue weighted by molar-refractivity contribution is 8.16. The smallest absolute Gasteiger partial charge is 0.251 e. The van der Waals surface area contributed by atoms with Gasteiger partial charge in [-0.3, -0.25) is 19.4 Å². The Morgan fingerprint density at radius 2 is 2.31 bits per heavy atom. The molecular weight excluding hydrogens is 354 g/mol. The molecule has 140 valence electrons. The number of carbonyl (C=O) groups excluding carboxylic acids is 2. The van der Waals surface area contributed by atoms with Crippen LogP contribution in [-0.2, 0) is 9.59 Å². The van der Waals surface area contributed by atoms with E-state index in [4.69, 9.17) is 4.74 Å². The molecule has 0 saturated carbocycles. The molecular formula is C18H23N3O4S. The largest absolute Gasteiger partial charge is 0.489 e. The fourth-order valence-electron chi connectivity index (χ4n) is 2.53. The van der Waals surface area contributed by atoms with Gasteiger partial charge in [0.2, 0.25) is 5.91 Å². The molecule has 2 atom stereocenters. The van der Waals surface area contributed by atoms with Gasteiger partial charge in [-0.1, -0.05) is 26.0 Å². The number of aromatic nitrogens is 1. The minimum Gasteiger partial charge on any atom is -0.489 e. The lowest BCUT2D eigenvalue weighted by molar-refractivity contribution is -0.122. The van der Waals surface area contributed by atoms with Crippen molar-refractivity contribution in [3.63, 3.8) is 0 Å². The summed E-state index contributed by atoms with van der Waals surface area (Å²) in [5, 5.41) is 3.31. The molecule has 1 aromatic heterocycles. The molecule has 0 bridgehead atoms. The Labute approximate surface area is 156 Å². The second kappa shape index (κ2) is 9.38. The Balaban J connectivity index is 2.17. The van der Waals surface area contributed by atoms with E-state index in [1.54, 1.807) is 12.1 Å². The first-order chi connectivity index (χ1) is 12.4. The predicted molar refractivity (Wildman–Crippen MR) is 103 cm³/mol. The Kier molecular flexibility index (Phi) is 7.20. The standard InChI is InChI=1S/C18H23N3O4S/c1-4-6-13(14-8-12(25-7-5-2)9-16(23)19-14)20-17(24)15-10-26-18(21-15)11(3)22/h5,8-9,13,15H,2,4,6-7,10H2,1,3H3,(H,19,23)(H,20,24). The van der Waals surface area contributed by atoms with Crippen LogP contribution in [0.4, 0.5) is 0 Å². The van der Waals surface area contributed by atoms with Crippen LogP contribution in [-0.4, -0.2) is 40.1 Å². The Morgan fingerprint density at radius 3 is 2.92 bits per heavy atom. The molecule has 7 nitrogen and oxygen atoms in total. The molecule has 1 aliphatic rings. The van der Waals surface area contributed by atoms with E-state index in [1.165, 1.54) is 24.8 Å². The molecule has 26 heavy (non-hydrogen) atoms. The first-order valence-corrected chi connectivity index (χ1v) is 9.43. The number of Topliss-reactive ketones (excluding diaryl/α,β-unsaturated/α-hetero) is 1. The fourth-order valence-corrected chi connectivity index (χ4v) is 3.47. The topological polar surface area (TPSA) is 101 Å². The highest BCUT2D eigenvalue weighted by Gasteiger charge is 2.28. The van der Waals surface area contributed by atoms with Crippen LogP contribution in [0.5, 0.6) is 5.75 Å². The molecule has 0 aromatic carbocycles. The number of hydrogen-bond acceptors (Lipinski definition) is 6. The number of ether oxygens (including phenoxy) is 1. The van der Waals surface area contributed by atoms with Crippen LogP contribution in [0.15, 0.2) is 34.6 Å². The summed E-state index contributed by atoms with van der Waals surface area (Å²) in [5.74, 6) is 0.475. The van der Waals surface area contributed by atoms with Crippen LogP contribution < -0.4 is 15.6 Å². The van der Waals surface area contributed by atoms with Gasteiger partial charge in [-0.2, -0.15) is 0 Å². The van der Waals surface area contributed by atoms with Crippen molar-refractivity contribution in [3.8, 4) is 5.75 Å². The minimum absolute atomic E-state index is 0.133. The predicted octanol–water partition coefficient (Wildman–Crippen LogP) is 2.00. The quantitative estimate of drug-likeness (QED) is 0.641. The summed E-state index contributed by atoms with van der Waals surface area (Å²) in [6.07, 6.45) is 3.05. The zero-order chi connectivity index (χ0) is 19.1. The van der Waals surface area contributed by atoms with Gasteiger partial charge in [-0.15, -0.1) is 11.8 Å². The summed E-state index contributed by atoms with van der Waals surface area (Å²) in [4.78, 5) is 42.8. The number of carbonyl (C=O) groups is 2. The highest BCUT2D eigenvalue weighted by atomic mass is 32.2. The van der Waals surface area contributed by atoms with Gasteiger partial charge < -0.3 is 15.0 Å². The third-order valence-electron chi connectivity index (χ3n) is 3.73. The van der Waals surface area contributed by atoms with Crippen molar-refractivity contribution >= 4 is 28.5 Å². The third kappa shape index (κ3) is 5.32. The normalized spacial score (nSPS) is 17.3. The summed E-state index contributed by atoms with van der Waals surface area (Å²) in [6, 6.07) is 2.10. The van der Waals surface area contributed by atoms with Gasteiger partial charge >= 0.3 is 0 Å². The first kappa shape index (κ1) is 20.0. The zero-order valence-corrected chi connectivity index (χ0v) is 15.7. The average Bonchev–Trinajstić information content (AvgIpc) is 3.09. The fraction of sp³-hybridized carbons (Fsp3) is 0.444. The van der Waals surface area contributed by atoms with Crippen molar-refractivity contribution in [2.24, 2.45) is 4.99 Å². The van der Waals surface area contributed by atoms with Gasteiger partial charge in [0.25, 0.3) is 5.56 Å². The lowest BCUT2D eigenvalue weighted by Gasteiger charge is -2.20. The number of aliphatic imine (C=N–C) groups is 1. The van der Waals surface area contributed by atoms with Crippen molar-refractivity contribution in [1.82, 2.24) is 10.3 Å². The number of nitrogens with zero attached hydrogens (tertiary/aromatic N) is 1. The van der Waals surface area contributed by atoms with Gasteiger partial charge in [0.15, 0.2) is 5.78 Å². The number of aromatic amines is 1. The van der Waals surface area contributed by atoms with Crippen LogP contribution in [0, 0.1) is 0 Å². The van der Waals surface area contributed by atoms with E-state index in [2.05, 4.69) is 21.9 Å². The maximum absolute atomic E-state index is 12.5. The third-order valence-corrected chi connectivity index (χ3v) is 4.88. The number of hydrogen-bond donors (Lipinski definition) is 2. The lowest BCUT2D eigenvalue weighted by Crippen LogP contribution is -2.37. The van der Waals surface area contributed by atoms with Gasteiger partial charge in [0.1, 0.15) is 23.4 Å². The van der Waals surface area contributed by atoms with Gasteiger partial charge in [-0.05, 0) is 6.42 Å². The molecule has 2 heterocycles. The monoisotopic (exact) mass is 377 g/mol. The van der Waals surface area contributed by atoms with E-state index < -0.39 is 6.04 Å². The van der Waals surface area contributed by atoms with Gasteiger partial charge in [0.05, 0.1) is 6.04 Å². The molecule has 2 N–H and O–H groups in total. The second-order valence-electron chi connectivity index (χ2n) is 5.90. The van der Waals surface area contributed by atoms with Gasteiger partial charge in [0, 0.05) is 30.5 Å². The number of thioether (sulfide) groups is 1. The van der Waals surface area contributed by atoms with Crippen LogP contribution in [0.2, 0.25) is 0 Å². The number of nitrogens with one attached hydrogen (secondary N) is 2. The molecule has 8 heteroatoms. The van der Waals surface area contributed by atoms with Crippen molar-refractivity contribution in [3.05, 3.63) is 40.8 Å². The SMILES string of the molecule is C=CCOc1cc(C(CCC)NC(=O)C2CSC(C(C)=O)=N2)[nH]c(=O)c1. The molecule has 2 unspecified atom stereocenters. The number of ketones is 1. The molecule has 0 radical (unpaired) electrons. The van der Waals surface area contributed by atoms with E-state index >= 15 is 0 Å². The molecule has 2 rings (SSSR count). The molecule has 0 aliphatic carbocycles. The zero-order valence-electron chi connectivity index (χ0n) is 14.9. The number of amides is 1. The number of H-pyrrole nitrogens is 1. The van der Waals surface area contributed by atoms with E-state index in [-0.39, 0.29) is 29.9 Å². The Morgan fingerprint density at radius 1 is 1.54 bits per heavy atom. The molecule has 1 aromatic rings. The van der Waals surface area contributed by atoms with Crippen LogP contribution >= 0.6 is 11.8 Å². The van der Waals surface area contributed by atoms with E-state index in [1.807, 2.05) is 6.92 Å². The second-order valence-corrected chi connectivity index (χ2v) is 6.91. The molecule has 1 amide bonds. The number of pyridine rings is 1. The van der Waals surface area contributed by atoms with Crippen LogP contribution in [0.25, 0.3) is 0 Å². The van der Waals surface area contributed by atoms with Crippen LogP contribution in [0.3, 0.4) is 0 Å². The van der Waals surface area contributed by atoms with E-state index in [9.17, 15) is 14.4 Å². The van der Waals surface area contributed by atoms with E-state index in [0.29, 0.717) is 28.7 Å². The first-order valence-electron chi connectivity index (χ1n) is 8.44. The van der Waals surface area contributed by atoms with Crippen LogP contribution in [0.1, 0.15) is 38.4 Å². The molecule has 0 spiro atoms. The number of rotatable bonds is 9. The summed E-state index contributed by atoms with van der Waals surface area (Å²) >= 11 is 1.29.